The fourth-order valence-corrected chi connectivity index (χ4v) is 3.06. The monoisotopic (exact) mass is 404 g/mol. The van der Waals surface area contributed by atoms with Crippen LogP contribution >= 0.6 is 23.2 Å². The smallest absolute Gasteiger partial charge is 0.331 e. The first-order valence-electron chi connectivity index (χ1n) is 7.87. The summed E-state index contributed by atoms with van der Waals surface area (Å²) in [6.45, 7) is 0.286. The molecular weight excluding hydrogens is 391 g/mol. The van der Waals surface area contributed by atoms with Crippen LogP contribution in [0.4, 0.5) is 4.79 Å². The number of hydrogen-bond acceptors (Lipinski definition) is 4. The molecule has 1 aliphatic rings. The average molecular weight is 405 g/mol. The van der Waals surface area contributed by atoms with Crippen molar-refractivity contribution in [3.8, 4) is 5.75 Å². The molecule has 1 heterocycles. The van der Waals surface area contributed by atoms with Crippen LogP contribution in [0.25, 0.3) is 6.08 Å². The molecule has 3 rings (SSSR count). The third kappa shape index (κ3) is 4.13. The molecule has 0 spiro atoms. The minimum atomic E-state index is -0.778. The number of nitrogens with one attached hydrogen (secondary N) is 1. The minimum absolute atomic E-state index is 0.192. The van der Waals surface area contributed by atoms with E-state index >= 15 is 0 Å². The van der Waals surface area contributed by atoms with Crippen molar-refractivity contribution < 1.29 is 19.1 Å². The Hall–Kier alpha value is -2.83. The number of carbonyl (C=O) groups is 3. The van der Waals surface area contributed by atoms with E-state index in [1.807, 2.05) is 30.3 Å². The maximum absolute atomic E-state index is 12.1. The summed E-state index contributed by atoms with van der Waals surface area (Å²) in [5.41, 5.74) is 1.19. The van der Waals surface area contributed by atoms with Crippen LogP contribution in [0.3, 0.4) is 0 Å². The van der Waals surface area contributed by atoms with Gasteiger partial charge in [-0.1, -0.05) is 53.5 Å². The van der Waals surface area contributed by atoms with Crippen LogP contribution in [0.15, 0.2) is 48.0 Å². The van der Waals surface area contributed by atoms with Gasteiger partial charge in [0, 0.05) is 7.05 Å². The van der Waals surface area contributed by atoms with Crippen molar-refractivity contribution in [1.82, 2.24) is 10.2 Å². The lowest BCUT2D eigenvalue weighted by atomic mass is 10.1. The van der Waals surface area contributed by atoms with E-state index in [1.54, 1.807) is 0 Å². The predicted molar refractivity (Wildman–Crippen MR) is 102 cm³/mol. The van der Waals surface area contributed by atoms with Gasteiger partial charge in [-0.2, -0.15) is 0 Å². The summed E-state index contributed by atoms with van der Waals surface area (Å²) in [5, 5.41) is 2.55. The van der Waals surface area contributed by atoms with Gasteiger partial charge in [0.1, 0.15) is 12.2 Å². The number of imide groups is 2. The maximum Gasteiger partial charge on any atom is 0.331 e. The van der Waals surface area contributed by atoms with Crippen LogP contribution in [0, 0.1) is 0 Å². The highest BCUT2D eigenvalue weighted by molar-refractivity contribution is 6.37. The molecular formula is C19H14Cl2N2O4. The molecule has 0 unspecified atom stereocenters. The van der Waals surface area contributed by atoms with Crippen LogP contribution in [0.1, 0.15) is 11.1 Å². The molecule has 1 aliphatic heterocycles. The molecule has 0 bridgehead atoms. The molecule has 0 atom stereocenters. The molecule has 0 saturated carbocycles. The van der Waals surface area contributed by atoms with Crippen molar-refractivity contribution in [1.29, 1.82) is 0 Å². The van der Waals surface area contributed by atoms with Crippen molar-refractivity contribution in [2.24, 2.45) is 0 Å². The first-order chi connectivity index (χ1) is 12.9. The first-order valence-corrected chi connectivity index (χ1v) is 8.63. The molecule has 4 amide bonds. The molecule has 0 aromatic heterocycles. The van der Waals surface area contributed by atoms with E-state index < -0.39 is 17.8 Å². The lowest BCUT2D eigenvalue weighted by molar-refractivity contribution is -0.129. The lowest BCUT2D eigenvalue weighted by Gasteiger charge is -2.22. The van der Waals surface area contributed by atoms with E-state index in [9.17, 15) is 14.4 Å². The summed E-state index contributed by atoms with van der Waals surface area (Å²) in [6.07, 6.45) is 1.32. The number of benzene rings is 2. The molecule has 1 fully saturated rings. The highest BCUT2D eigenvalue weighted by atomic mass is 35.5. The first kappa shape index (κ1) is 18.9. The Morgan fingerprint density at radius 2 is 1.70 bits per heavy atom. The summed E-state index contributed by atoms with van der Waals surface area (Å²) in [6, 6.07) is 11.8. The third-order valence-corrected chi connectivity index (χ3v) is 4.42. The average Bonchev–Trinajstić information content (AvgIpc) is 2.63. The van der Waals surface area contributed by atoms with Crippen molar-refractivity contribution in [2.45, 2.75) is 6.61 Å². The number of ether oxygens (including phenoxy) is 1. The Kier molecular flexibility index (Phi) is 5.48. The zero-order valence-corrected chi connectivity index (χ0v) is 15.7. The van der Waals surface area contributed by atoms with Gasteiger partial charge < -0.3 is 4.74 Å². The van der Waals surface area contributed by atoms with E-state index in [0.717, 1.165) is 10.5 Å². The molecule has 0 radical (unpaired) electrons. The van der Waals surface area contributed by atoms with Crippen molar-refractivity contribution >= 4 is 47.1 Å². The van der Waals surface area contributed by atoms with E-state index in [4.69, 9.17) is 27.9 Å². The Bertz CT molecular complexity index is 934. The van der Waals surface area contributed by atoms with Gasteiger partial charge in [0.2, 0.25) is 0 Å². The number of barbiturate groups is 1. The zero-order chi connectivity index (χ0) is 19.6. The Morgan fingerprint density at radius 1 is 1.07 bits per heavy atom. The number of hydrogen-bond donors (Lipinski definition) is 1. The second kappa shape index (κ2) is 7.82. The van der Waals surface area contributed by atoms with Gasteiger partial charge in [-0.15, -0.1) is 0 Å². The second-order valence-electron chi connectivity index (χ2n) is 5.77. The van der Waals surface area contributed by atoms with Gasteiger partial charge in [-0.3, -0.25) is 19.8 Å². The highest BCUT2D eigenvalue weighted by Crippen LogP contribution is 2.35. The number of rotatable bonds is 4. The molecule has 1 N–H and O–H groups in total. The molecule has 2 aromatic carbocycles. The van der Waals surface area contributed by atoms with Crippen LogP contribution in [0.5, 0.6) is 5.75 Å². The van der Waals surface area contributed by atoms with Crippen molar-refractivity contribution in [3.63, 3.8) is 0 Å². The molecule has 1 saturated heterocycles. The molecule has 27 heavy (non-hydrogen) atoms. The molecule has 138 valence electrons. The van der Waals surface area contributed by atoms with Crippen LogP contribution < -0.4 is 10.1 Å². The fourth-order valence-electron chi connectivity index (χ4n) is 2.44. The van der Waals surface area contributed by atoms with E-state index in [2.05, 4.69) is 5.32 Å². The fraction of sp³-hybridized carbons (Fsp3) is 0.105. The van der Waals surface area contributed by atoms with Crippen molar-refractivity contribution in [2.75, 3.05) is 7.05 Å². The summed E-state index contributed by atoms with van der Waals surface area (Å²) < 4.78 is 5.69. The number of urea groups is 1. The summed E-state index contributed by atoms with van der Waals surface area (Å²) in [4.78, 5) is 36.3. The number of nitrogens with zero attached hydrogens (tertiary/aromatic N) is 1. The van der Waals surface area contributed by atoms with Gasteiger partial charge in [0.25, 0.3) is 11.8 Å². The van der Waals surface area contributed by atoms with E-state index in [1.165, 1.54) is 25.3 Å². The number of carbonyl (C=O) groups excluding carboxylic acids is 3. The predicted octanol–water partition coefficient (Wildman–Crippen LogP) is 3.66. The standard InChI is InChI=1S/C19H14Cl2N2O4/c1-23-18(25)13(17(24)22-19(23)26)7-12-8-14(20)16(15(21)9-12)27-10-11-5-3-2-4-6-11/h2-9H,10H2,1H3,(H,22,24,26). The molecule has 8 heteroatoms. The Balaban J connectivity index is 1.85. The maximum atomic E-state index is 12.1. The summed E-state index contributed by atoms with van der Waals surface area (Å²) in [5.74, 6) is -1.18. The normalized spacial score (nSPS) is 15.9. The number of amides is 4. The molecule has 0 aliphatic carbocycles. The highest BCUT2D eigenvalue weighted by Gasteiger charge is 2.33. The van der Waals surface area contributed by atoms with Gasteiger partial charge in [0.15, 0.2) is 5.75 Å². The largest absolute Gasteiger partial charge is 0.486 e. The summed E-state index contributed by atoms with van der Waals surface area (Å²) >= 11 is 12.5. The van der Waals surface area contributed by atoms with Crippen LogP contribution in [0.2, 0.25) is 10.0 Å². The van der Waals surface area contributed by atoms with Gasteiger partial charge >= 0.3 is 6.03 Å². The third-order valence-electron chi connectivity index (χ3n) is 3.86. The minimum Gasteiger partial charge on any atom is -0.486 e. The molecule has 2 aromatic rings. The van der Waals surface area contributed by atoms with Crippen LogP contribution in [-0.4, -0.2) is 29.8 Å². The zero-order valence-electron chi connectivity index (χ0n) is 14.2. The lowest BCUT2D eigenvalue weighted by Crippen LogP contribution is -2.52. The Morgan fingerprint density at radius 3 is 2.33 bits per heavy atom. The number of likely N-dealkylation sites (N-methyl/N-ethyl adjacent to an activating group) is 1. The quantitative estimate of drug-likeness (QED) is 0.622. The van der Waals surface area contributed by atoms with E-state index in [0.29, 0.717) is 11.3 Å². The van der Waals surface area contributed by atoms with Crippen molar-refractivity contribution in [3.05, 3.63) is 69.2 Å². The van der Waals surface area contributed by atoms with Crippen LogP contribution in [-0.2, 0) is 16.2 Å². The molecule has 6 nitrogen and oxygen atoms in total. The Labute approximate surface area is 165 Å². The van der Waals surface area contributed by atoms with Gasteiger partial charge in [-0.05, 0) is 29.3 Å². The second-order valence-corrected chi connectivity index (χ2v) is 6.58. The number of halogens is 2. The topological polar surface area (TPSA) is 75.7 Å². The van der Waals surface area contributed by atoms with Gasteiger partial charge in [-0.25, -0.2) is 4.79 Å². The summed E-state index contributed by atoms with van der Waals surface area (Å²) in [7, 11) is 1.28. The van der Waals surface area contributed by atoms with Gasteiger partial charge in [0.05, 0.1) is 10.0 Å². The van der Waals surface area contributed by atoms with E-state index in [-0.39, 0.29) is 22.2 Å². The SMILES string of the molecule is CN1C(=O)NC(=O)C(=Cc2cc(Cl)c(OCc3ccccc3)c(Cl)c2)C1=O.